The molecule has 0 spiro atoms. The molecule has 3 aromatic rings. The van der Waals surface area contributed by atoms with Crippen molar-refractivity contribution >= 4 is 40.1 Å². The molecule has 26 heavy (non-hydrogen) atoms. The monoisotopic (exact) mass is 384 g/mol. The van der Waals surface area contributed by atoms with Gasteiger partial charge in [0.1, 0.15) is 0 Å². The Morgan fingerprint density at radius 3 is 2.38 bits per heavy atom. The van der Waals surface area contributed by atoms with E-state index < -0.39 is 0 Å². The zero-order valence-corrected chi connectivity index (χ0v) is 16.6. The molecule has 0 radical (unpaired) electrons. The number of nitrogens with one attached hydrogen (secondary N) is 1. The highest BCUT2D eigenvalue weighted by molar-refractivity contribution is 7.12. The molecule has 2 aromatic heterocycles. The number of nitrogens with zero attached hydrogens (tertiary/aromatic N) is 1. The van der Waals surface area contributed by atoms with E-state index in [1.54, 1.807) is 22.7 Å². The summed E-state index contributed by atoms with van der Waals surface area (Å²) in [4.78, 5) is 31.0. The number of benzene rings is 1. The standard InChI is InChI=1S/C20H20N2O2S2/c1-12-10-17(13(2)26-12)19(23)8-9-20(24)22-16-6-4-15(5-7-16)18-11-25-14(3)21-18/h4-7,10-11H,8-9H2,1-3H3,(H,22,24). The van der Waals surface area contributed by atoms with Crippen LogP contribution in [0, 0.1) is 20.8 Å². The Hall–Kier alpha value is -2.31. The largest absolute Gasteiger partial charge is 0.326 e. The van der Waals surface area contributed by atoms with Crippen LogP contribution in [0.25, 0.3) is 11.3 Å². The zero-order valence-electron chi connectivity index (χ0n) is 15.0. The molecule has 6 heteroatoms. The SMILES string of the molecule is Cc1cc(C(=O)CCC(=O)Nc2ccc(-c3csc(C)n3)cc2)c(C)s1. The van der Waals surface area contributed by atoms with Crippen LogP contribution < -0.4 is 5.32 Å². The number of rotatable bonds is 6. The van der Waals surface area contributed by atoms with Crippen molar-refractivity contribution in [1.29, 1.82) is 0 Å². The van der Waals surface area contributed by atoms with E-state index in [1.165, 1.54) is 0 Å². The van der Waals surface area contributed by atoms with Gasteiger partial charge in [0.15, 0.2) is 5.78 Å². The van der Waals surface area contributed by atoms with E-state index in [1.807, 2.05) is 56.5 Å². The van der Waals surface area contributed by atoms with Crippen LogP contribution in [0.4, 0.5) is 5.69 Å². The first-order valence-electron chi connectivity index (χ1n) is 8.35. The number of aryl methyl sites for hydroxylation is 3. The second kappa shape index (κ2) is 7.93. The summed E-state index contributed by atoms with van der Waals surface area (Å²) < 4.78 is 0. The molecule has 3 rings (SSSR count). The number of Topliss-reactive ketones (excluding diaryl/α,β-unsaturated/α-hetero) is 1. The van der Waals surface area contributed by atoms with Crippen molar-refractivity contribution in [2.75, 3.05) is 5.32 Å². The lowest BCUT2D eigenvalue weighted by Gasteiger charge is -2.06. The van der Waals surface area contributed by atoms with E-state index in [4.69, 9.17) is 0 Å². The molecule has 1 aromatic carbocycles. The molecule has 0 aliphatic rings. The van der Waals surface area contributed by atoms with Gasteiger partial charge in [0, 0.05) is 44.8 Å². The summed E-state index contributed by atoms with van der Waals surface area (Å²) in [6.45, 7) is 5.90. The molecule has 0 saturated carbocycles. The van der Waals surface area contributed by atoms with E-state index in [0.29, 0.717) is 0 Å². The van der Waals surface area contributed by atoms with Crippen LogP contribution in [-0.2, 0) is 4.79 Å². The van der Waals surface area contributed by atoms with Crippen molar-refractivity contribution in [1.82, 2.24) is 4.98 Å². The van der Waals surface area contributed by atoms with E-state index in [2.05, 4.69) is 10.3 Å². The molecule has 0 bridgehead atoms. The van der Waals surface area contributed by atoms with E-state index in [9.17, 15) is 9.59 Å². The van der Waals surface area contributed by atoms with Crippen molar-refractivity contribution in [3.63, 3.8) is 0 Å². The summed E-state index contributed by atoms with van der Waals surface area (Å²) in [5, 5.41) is 5.89. The maximum Gasteiger partial charge on any atom is 0.224 e. The minimum absolute atomic E-state index is 0.0243. The summed E-state index contributed by atoms with van der Waals surface area (Å²) in [6.07, 6.45) is 0.402. The molecule has 1 amide bonds. The van der Waals surface area contributed by atoms with Crippen molar-refractivity contribution in [3.8, 4) is 11.3 Å². The summed E-state index contributed by atoms with van der Waals surface area (Å²) >= 11 is 3.22. The molecule has 0 atom stereocenters. The van der Waals surface area contributed by atoms with Gasteiger partial charge in [-0.2, -0.15) is 0 Å². The average Bonchev–Trinajstić information content (AvgIpc) is 3.18. The molecule has 134 valence electrons. The molecule has 1 N–H and O–H groups in total. The highest BCUT2D eigenvalue weighted by Gasteiger charge is 2.14. The zero-order chi connectivity index (χ0) is 18.7. The van der Waals surface area contributed by atoms with Gasteiger partial charge in [-0.15, -0.1) is 22.7 Å². The molecule has 0 unspecified atom stereocenters. The molecule has 2 heterocycles. The third-order valence-electron chi connectivity index (χ3n) is 4.00. The quantitative estimate of drug-likeness (QED) is 0.579. The number of carbonyl (C=O) groups is 2. The molecule has 4 nitrogen and oxygen atoms in total. The lowest BCUT2D eigenvalue weighted by molar-refractivity contribution is -0.116. The first-order chi connectivity index (χ1) is 12.4. The van der Waals surface area contributed by atoms with Gasteiger partial charge >= 0.3 is 0 Å². The Morgan fingerprint density at radius 1 is 1.08 bits per heavy atom. The van der Waals surface area contributed by atoms with Crippen LogP contribution >= 0.6 is 22.7 Å². The summed E-state index contributed by atoms with van der Waals surface area (Å²) in [5.41, 5.74) is 3.42. The molecular weight excluding hydrogens is 364 g/mol. The van der Waals surface area contributed by atoms with Crippen LogP contribution in [0.2, 0.25) is 0 Å². The maximum atomic E-state index is 12.3. The summed E-state index contributed by atoms with van der Waals surface area (Å²) in [6, 6.07) is 9.49. The maximum absolute atomic E-state index is 12.3. The van der Waals surface area contributed by atoms with Crippen LogP contribution in [0.1, 0.15) is 38.0 Å². The van der Waals surface area contributed by atoms with Gasteiger partial charge in [0.25, 0.3) is 0 Å². The fourth-order valence-electron chi connectivity index (χ4n) is 2.71. The second-order valence-electron chi connectivity index (χ2n) is 6.13. The van der Waals surface area contributed by atoms with Crippen LogP contribution in [0.5, 0.6) is 0 Å². The van der Waals surface area contributed by atoms with Crippen LogP contribution in [0.3, 0.4) is 0 Å². The van der Waals surface area contributed by atoms with Crippen molar-refractivity contribution in [2.24, 2.45) is 0 Å². The Labute approximate surface area is 160 Å². The Balaban J connectivity index is 1.55. The molecule has 0 saturated heterocycles. The smallest absolute Gasteiger partial charge is 0.224 e. The third-order valence-corrected chi connectivity index (χ3v) is 5.74. The molecule has 0 aliphatic carbocycles. The number of ketones is 1. The van der Waals surface area contributed by atoms with Gasteiger partial charge in [0.05, 0.1) is 10.7 Å². The number of anilines is 1. The number of aromatic nitrogens is 1. The van der Waals surface area contributed by atoms with Gasteiger partial charge in [-0.05, 0) is 39.0 Å². The van der Waals surface area contributed by atoms with Gasteiger partial charge < -0.3 is 5.32 Å². The number of thiophene rings is 1. The van der Waals surface area contributed by atoms with E-state index >= 15 is 0 Å². The molecule has 0 fully saturated rings. The number of amides is 1. The molecular formula is C20H20N2O2S2. The van der Waals surface area contributed by atoms with Crippen LogP contribution in [-0.4, -0.2) is 16.7 Å². The number of hydrogen-bond donors (Lipinski definition) is 1. The minimum Gasteiger partial charge on any atom is -0.326 e. The topological polar surface area (TPSA) is 59.1 Å². The average molecular weight is 385 g/mol. The van der Waals surface area contributed by atoms with Gasteiger partial charge in [-0.25, -0.2) is 4.98 Å². The highest BCUT2D eigenvalue weighted by atomic mass is 32.1. The highest BCUT2D eigenvalue weighted by Crippen LogP contribution is 2.24. The van der Waals surface area contributed by atoms with Gasteiger partial charge in [-0.1, -0.05) is 12.1 Å². The van der Waals surface area contributed by atoms with Crippen molar-refractivity contribution < 1.29 is 9.59 Å². The van der Waals surface area contributed by atoms with Crippen molar-refractivity contribution in [3.05, 3.63) is 56.0 Å². The fraction of sp³-hybridized carbons (Fsp3) is 0.250. The first-order valence-corrected chi connectivity index (χ1v) is 10.0. The summed E-state index contributed by atoms with van der Waals surface area (Å²) in [7, 11) is 0. The summed E-state index contributed by atoms with van der Waals surface area (Å²) in [5.74, 6) is -0.128. The Bertz CT molecular complexity index is 939. The van der Waals surface area contributed by atoms with Crippen LogP contribution in [0.15, 0.2) is 35.7 Å². The van der Waals surface area contributed by atoms with Crippen molar-refractivity contribution in [2.45, 2.75) is 33.6 Å². The lowest BCUT2D eigenvalue weighted by atomic mass is 10.1. The Morgan fingerprint density at radius 2 is 1.81 bits per heavy atom. The lowest BCUT2D eigenvalue weighted by Crippen LogP contribution is -2.13. The van der Waals surface area contributed by atoms with E-state index in [0.717, 1.165) is 37.3 Å². The number of hydrogen-bond acceptors (Lipinski definition) is 5. The second-order valence-corrected chi connectivity index (χ2v) is 8.65. The minimum atomic E-state index is -0.153. The third kappa shape index (κ3) is 4.45. The van der Waals surface area contributed by atoms with E-state index in [-0.39, 0.29) is 24.5 Å². The number of carbonyl (C=O) groups excluding carboxylic acids is 2. The fourth-order valence-corrected chi connectivity index (χ4v) is 4.28. The Kier molecular flexibility index (Phi) is 5.64. The van der Waals surface area contributed by atoms with Gasteiger partial charge in [0.2, 0.25) is 5.91 Å². The predicted octanol–water partition coefficient (Wildman–Crippen LogP) is 5.40. The number of thiazole rings is 1. The molecule has 0 aliphatic heterocycles. The normalized spacial score (nSPS) is 10.7. The predicted molar refractivity (Wildman–Crippen MR) is 108 cm³/mol. The van der Waals surface area contributed by atoms with Gasteiger partial charge in [-0.3, -0.25) is 9.59 Å². The first kappa shape index (κ1) is 18.5.